The van der Waals surface area contributed by atoms with Crippen molar-refractivity contribution in [3.8, 4) is 17.2 Å². The summed E-state index contributed by atoms with van der Waals surface area (Å²) in [7, 11) is -1.46. The molecule has 0 spiro atoms. The highest BCUT2D eigenvalue weighted by Crippen LogP contribution is 2.33. The van der Waals surface area contributed by atoms with Gasteiger partial charge in [0.1, 0.15) is 18.3 Å². The number of anilines is 1. The van der Waals surface area contributed by atoms with E-state index in [1.807, 2.05) is 67.6 Å². The van der Waals surface area contributed by atoms with Crippen LogP contribution in [0.4, 0.5) is 5.69 Å². The van der Waals surface area contributed by atoms with Crippen molar-refractivity contribution in [3.05, 3.63) is 114 Å². The monoisotopic (exact) mass is 713 g/mol. The number of methoxy groups -OCH3 is 2. The number of ether oxygens (including phenoxy) is 3. The Labute approximate surface area is 301 Å². The number of hydrogen-bond acceptors (Lipinski definition) is 7. The van der Waals surface area contributed by atoms with Crippen LogP contribution in [0.25, 0.3) is 0 Å². The van der Waals surface area contributed by atoms with Gasteiger partial charge in [-0.15, -0.1) is 0 Å². The second-order valence-corrected chi connectivity index (χ2v) is 14.4. The van der Waals surface area contributed by atoms with Gasteiger partial charge in [-0.05, 0) is 67.3 Å². The smallest absolute Gasteiger partial charge is 0.264 e. The van der Waals surface area contributed by atoms with Crippen LogP contribution in [0.1, 0.15) is 50.2 Å². The lowest BCUT2D eigenvalue weighted by molar-refractivity contribution is -0.140. The molecule has 10 nitrogen and oxygen atoms in total. The third-order valence-electron chi connectivity index (χ3n) is 9.08. The lowest BCUT2D eigenvalue weighted by Gasteiger charge is -2.35. The van der Waals surface area contributed by atoms with Gasteiger partial charge in [0.2, 0.25) is 11.8 Å². The predicted molar refractivity (Wildman–Crippen MR) is 198 cm³/mol. The van der Waals surface area contributed by atoms with Crippen molar-refractivity contribution < 1.29 is 32.2 Å². The molecule has 4 aromatic carbocycles. The van der Waals surface area contributed by atoms with E-state index >= 15 is 0 Å². The van der Waals surface area contributed by atoms with E-state index in [1.54, 1.807) is 24.3 Å². The van der Waals surface area contributed by atoms with Gasteiger partial charge >= 0.3 is 0 Å². The Morgan fingerprint density at radius 2 is 1.43 bits per heavy atom. The molecule has 1 atom stereocenters. The van der Waals surface area contributed by atoms with Gasteiger partial charge in [-0.3, -0.25) is 13.9 Å². The van der Waals surface area contributed by atoms with Crippen molar-refractivity contribution in [2.75, 3.05) is 31.7 Å². The summed E-state index contributed by atoms with van der Waals surface area (Å²) in [5, 5.41) is 3.24. The molecule has 51 heavy (non-hydrogen) atoms. The number of rotatable bonds is 16. The van der Waals surface area contributed by atoms with Crippen LogP contribution in [0.5, 0.6) is 17.2 Å². The summed E-state index contributed by atoms with van der Waals surface area (Å²) in [6.45, 7) is 1.83. The number of sulfonamides is 1. The van der Waals surface area contributed by atoms with Gasteiger partial charge in [0.15, 0.2) is 11.5 Å². The van der Waals surface area contributed by atoms with Crippen molar-refractivity contribution in [3.63, 3.8) is 0 Å². The Kier molecular flexibility index (Phi) is 13.0. The topological polar surface area (TPSA) is 114 Å². The zero-order chi connectivity index (χ0) is 36.2. The Hall–Kier alpha value is -5.03. The Balaban J connectivity index is 1.57. The zero-order valence-corrected chi connectivity index (χ0v) is 30.3. The average Bonchev–Trinajstić information content (AvgIpc) is 3.16. The van der Waals surface area contributed by atoms with E-state index < -0.39 is 28.5 Å². The molecular formula is C40H47N3O7S. The fourth-order valence-electron chi connectivity index (χ4n) is 6.39. The molecular weight excluding hydrogens is 667 g/mol. The van der Waals surface area contributed by atoms with Gasteiger partial charge in [0, 0.05) is 25.1 Å². The van der Waals surface area contributed by atoms with Crippen LogP contribution in [0.2, 0.25) is 0 Å². The summed E-state index contributed by atoms with van der Waals surface area (Å²) in [6, 6.07) is 28.9. The zero-order valence-electron chi connectivity index (χ0n) is 29.5. The highest BCUT2D eigenvalue weighted by atomic mass is 32.2. The molecule has 11 heteroatoms. The normalized spacial score (nSPS) is 13.9. The second kappa shape index (κ2) is 17.8. The molecule has 1 fully saturated rings. The highest BCUT2D eigenvalue weighted by Gasteiger charge is 2.35. The van der Waals surface area contributed by atoms with E-state index in [1.165, 1.54) is 37.3 Å². The van der Waals surface area contributed by atoms with Gasteiger partial charge in [-0.1, -0.05) is 79.9 Å². The first-order chi connectivity index (χ1) is 24.7. The fourth-order valence-corrected chi connectivity index (χ4v) is 7.82. The van der Waals surface area contributed by atoms with E-state index in [-0.39, 0.29) is 41.2 Å². The maximum absolute atomic E-state index is 14.8. The quantitative estimate of drug-likeness (QED) is 0.143. The molecule has 1 aliphatic carbocycles. The summed E-state index contributed by atoms with van der Waals surface area (Å²) in [5.41, 5.74) is 1.95. The maximum Gasteiger partial charge on any atom is 0.264 e. The molecule has 0 aromatic heterocycles. The number of carbonyl (C=O) groups excluding carboxylic acids is 2. The molecule has 0 saturated heterocycles. The van der Waals surface area contributed by atoms with Crippen molar-refractivity contribution >= 4 is 27.5 Å². The van der Waals surface area contributed by atoms with Crippen molar-refractivity contribution in [2.45, 2.75) is 69.0 Å². The number of nitrogens with zero attached hydrogens (tertiary/aromatic N) is 2. The SMILES string of the molecule is CCOc1ccc(N(CC(=O)N(Cc2ccccc2)[C@@H](Cc2ccccc2)C(=O)NC2CCCCC2)S(=O)(=O)c2ccc(OC)c(OC)c2)cc1. The molecule has 2 amide bonds. The average molecular weight is 714 g/mol. The van der Waals surface area contributed by atoms with Crippen LogP contribution in [-0.4, -0.2) is 64.6 Å². The minimum Gasteiger partial charge on any atom is -0.494 e. The van der Waals surface area contributed by atoms with E-state index in [0.717, 1.165) is 47.5 Å². The molecule has 4 aromatic rings. The molecule has 0 radical (unpaired) electrons. The first kappa shape index (κ1) is 37.2. The Morgan fingerprint density at radius 3 is 2.04 bits per heavy atom. The lowest BCUT2D eigenvalue weighted by atomic mass is 9.94. The van der Waals surface area contributed by atoms with Gasteiger partial charge < -0.3 is 24.4 Å². The summed E-state index contributed by atoms with van der Waals surface area (Å²) in [4.78, 5) is 30.5. The van der Waals surface area contributed by atoms with Crippen LogP contribution < -0.4 is 23.8 Å². The van der Waals surface area contributed by atoms with Gasteiger partial charge in [0.25, 0.3) is 10.0 Å². The Morgan fingerprint density at radius 1 is 0.804 bits per heavy atom. The first-order valence-electron chi connectivity index (χ1n) is 17.4. The fraction of sp³-hybridized carbons (Fsp3) is 0.350. The van der Waals surface area contributed by atoms with E-state index in [0.29, 0.717) is 18.1 Å². The summed E-state index contributed by atoms with van der Waals surface area (Å²) in [6.07, 6.45) is 5.22. The summed E-state index contributed by atoms with van der Waals surface area (Å²) in [5.74, 6) is 0.359. The lowest BCUT2D eigenvalue weighted by Crippen LogP contribution is -2.55. The second-order valence-electron chi connectivity index (χ2n) is 12.5. The number of nitrogens with one attached hydrogen (secondary N) is 1. The summed E-state index contributed by atoms with van der Waals surface area (Å²) < 4.78 is 46.5. The van der Waals surface area contributed by atoms with Crippen LogP contribution in [-0.2, 0) is 32.6 Å². The molecule has 5 rings (SSSR count). The minimum absolute atomic E-state index is 0.0176. The molecule has 0 aliphatic heterocycles. The number of benzene rings is 4. The summed E-state index contributed by atoms with van der Waals surface area (Å²) >= 11 is 0. The van der Waals surface area contributed by atoms with Gasteiger partial charge in [-0.25, -0.2) is 8.42 Å². The Bertz CT molecular complexity index is 1830. The van der Waals surface area contributed by atoms with Crippen molar-refractivity contribution in [1.82, 2.24) is 10.2 Å². The van der Waals surface area contributed by atoms with Crippen molar-refractivity contribution in [2.24, 2.45) is 0 Å². The molecule has 1 aliphatic rings. The molecule has 0 unspecified atom stereocenters. The number of amides is 2. The number of carbonyl (C=O) groups is 2. The molecule has 1 saturated carbocycles. The van der Waals surface area contributed by atoms with Crippen LogP contribution >= 0.6 is 0 Å². The third-order valence-corrected chi connectivity index (χ3v) is 10.8. The maximum atomic E-state index is 14.8. The van der Waals surface area contributed by atoms with Crippen molar-refractivity contribution in [1.29, 1.82) is 0 Å². The van der Waals surface area contributed by atoms with E-state index in [4.69, 9.17) is 14.2 Å². The predicted octanol–water partition coefficient (Wildman–Crippen LogP) is 6.39. The molecule has 1 N–H and O–H groups in total. The molecule has 0 heterocycles. The van der Waals surface area contributed by atoms with Crippen LogP contribution in [0, 0.1) is 0 Å². The minimum atomic E-state index is -4.36. The molecule has 0 bridgehead atoms. The standard InChI is InChI=1S/C40H47N3O7S/c1-4-50-34-22-20-33(21-23-34)43(51(46,47)35-24-25-37(48-2)38(27-35)49-3)29-39(44)42(28-31-16-10-6-11-17-31)36(26-30-14-8-5-9-15-30)40(45)41-32-18-12-7-13-19-32/h5-6,8-11,14-17,20-25,27,32,36H,4,7,12-13,18-19,26,28-29H2,1-3H3,(H,41,45)/t36-/m0/s1. The molecule has 270 valence electrons. The first-order valence-corrected chi connectivity index (χ1v) is 18.8. The van der Waals surface area contributed by atoms with E-state index in [2.05, 4.69) is 5.32 Å². The largest absolute Gasteiger partial charge is 0.494 e. The van der Waals surface area contributed by atoms with E-state index in [9.17, 15) is 18.0 Å². The number of hydrogen-bond donors (Lipinski definition) is 1. The third kappa shape index (κ3) is 9.61. The van der Waals surface area contributed by atoms with Crippen LogP contribution in [0.15, 0.2) is 108 Å². The van der Waals surface area contributed by atoms with Crippen LogP contribution in [0.3, 0.4) is 0 Å². The van der Waals surface area contributed by atoms with Gasteiger partial charge in [-0.2, -0.15) is 0 Å². The highest BCUT2D eigenvalue weighted by molar-refractivity contribution is 7.92. The van der Waals surface area contributed by atoms with Gasteiger partial charge in [0.05, 0.1) is 31.4 Å².